The van der Waals surface area contributed by atoms with Gasteiger partial charge in [-0.3, -0.25) is 0 Å². The molecule has 0 heterocycles. The molecule has 21 heavy (non-hydrogen) atoms. The fraction of sp³-hybridized carbons (Fsp3) is 0.333. The summed E-state index contributed by atoms with van der Waals surface area (Å²) >= 11 is 6.14. The second kappa shape index (κ2) is 6.07. The summed E-state index contributed by atoms with van der Waals surface area (Å²) in [6, 6.07) is 12.8. The van der Waals surface area contributed by atoms with Gasteiger partial charge in [0.1, 0.15) is 5.82 Å². The molecule has 2 rings (SSSR count). The first-order valence-corrected chi connectivity index (χ1v) is 7.48. The maximum absolute atomic E-state index is 13.2. The van der Waals surface area contributed by atoms with Gasteiger partial charge in [-0.15, -0.1) is 0 Å². The average molecular weight is 306 g/mol. The van der Waals surface area contributed by atoms with Crippen LogP contribution in [0.25, 0.3) is 0 Å². The lowest BCUT2D eigenvalue weighted by atomic mass is 9.85. The van der Waals surface area contributed by atoms with E-state index in [1.54, 1.807) is 6.07 Å². The lowest BCUT2D eigenvalue weighted by Crippen LogP contribution is -2.16. The van der Waals surface area contributed by atoms with Crippen molar-refractivity contribution in [1.82, 2.24) is 0 Å². The van der Waals surface area contributed by atoms with Crippen molar-refractivity contribution in [2.45, 2.75) is 39.2 Å². The normalized spacial score (nSPS) is 13.0. The quantitative estimate of drug-likeness (QED) is 0.739. The molecule has 112 valence electrons. The van der Waals surface area contributed by atoms with Crippen LogP contribution in [0.15, 0.2) is 42.5 Å². The molecule has 1 nitrogen and oxygen atoms in total. The van der Waals surface area contributed by atoms with E-state index in [1.807, 2.05) is 19.1 Å². The summed E-state index contributed by atoms with van der Waals surface area (Å²) in [5.41, 5.74) is 3.27. The van der Waals surface area contributed by atoms with Gasteiger partial charge in [-0.2, -0.15) is 0 Å². The number of hydrogen-bond acceptors (Lipinski definition) is 1. The van der Waals surface area contributed by atoms with Crippen LogP contribution < -0.4 is 5.32 Å². The SMILES string of the molecule is CC(Nc1ccccc1C(C)(C)C)c1ccc(F)cc1Cl. The van der Waals surface area contributed by atoms with Crippen molar-refractivity contribution in [1.29, 1.82) is 0 Å². The zero-order valence-corrected chi connectivity index (χ0v) is 13.6. The van der Waals surface area contributed by atoms with Crippen LogP contribution in [0.5, 0.6) is 0 Å². The summed E-state index contributed by atoms with van der Waals surface area (Å²) in [6.45, 7) is 8.58. The van der Waals surface area contributed by atoms with E-state index in [-0.39, 0.29) is 17.3 Å². The number of hydrogen-bond donors (Lipinski definition) is 1. The van der Waals surface area contributed by atoms with Crippen LogP contribution in [-0.2, 0) is 5.41 Å². The lowest BCUT2D eigenvalue weighted by Gasteiger charge is -2.26. The smallest absolute Gasteiger partial charge is 0.124 e. The van der Waals surface area contributed by atoms with E-state index >= 15 is 0 Å². The first-order chi connectivity index (χ1) is 9.79. The van der Waals surface area contributed by atoms with E-state index in [2.05, 4.69) is 38.2 Å². The molecule has 1 unspecified atom stereocenters. The number of para-hydroxylation sites is 1. The Kier molecular flexibility index (Phi) is 4.58. The number of halogens is 2. The standard InChI is InChI=1S/C18H21ClFN/c1-12(14-10-9-13(20)11-16(14)19)21-17-8-6-5-7-15(17)18(2,3)4/h5-12,21H,1-4H3. The molecule has 0 fully saturated rings. The van der Waals surface area contributed by atoms with Gasteiger partial charge in [0.25, 0.3) is 0 Å². The third-order valence-corrected chi connectivity index (χ3v) is 3.86. The largest absolute Gasteiger partial charge is 0.378 e. The number of benzene rings is 2. The highest BCUT2D eigenvalue weighted by atomic mass is 35.5. The highest BCUT2D eigenvalue weighted by Gasteiger charge is 2.19. The molecule has 1 atom stereocenters. The average Bonchev–Trinajstić information content (AvgIpc) is 2.37. The van der Waals surface area contributed by atoms with E-state index in [1.165, 1.54) is 17.7 Å². The van der Waals surface area contributed by atoms with Crippen LogP contribution in [0, 0.1) is 5.82 Å². The first-order valence-electron chi connectivity index (χ1n) is 7.10. The van der Waals surface area contributed by atoms with Gasteiger partial charge in [-0.1, -0.05) is 56.6 Å². The molecule has 3 heteroatoms. The molecule has 0 saturated carbocycles. The monoisotopic (exact) mass is 305 g/mol. The van der Waals surface area contributed by atoms with Crippen LogP contribution in [0.1, 0.15) is 44.9 Å². The predicted molar refractivity (Wildman–Crippen MR) is 88.6 cm³/mol. The Bertz CT molecular complexity index is 631. The Hall–Kier alpha value is -1.54. The van der Waals surface area contributed by atoms with Crippen LogP contribution >= 0.6 is 11.6 Å². The van der Waals surface area contributed by atoms with E-state index in [4.69, 9.17) is 11.6 Å². The van der Waals surface area contributed by atoms with Gasteiger partial charge in [0, 0.05) is 10.7 Å². The molecule has 1 N–H and O–H groups in total. The topological polar surface area (TPSA) is 12.0 Å². The molecule has 2 aromatic carbocycles. The Morgan fingerprint density at radius 3 is 2.38 bits per heavy atom. The van der Waals surface area contributed by atoms with E-state index in [0.29, 0.717) is 5.02 Å². The molecule has 0 aliphatic rings. The molecule has 0 aromatic heterocycles. The number of rotatable bonds is 3. The highest BCUT2D eigenvalue weighted by Crippen LogP contribution is 2.33. The number of nitrogens with one attached hydrogen (secondary N) is 1. The van der Waals surface area contributed by atoms with Gasteiger partial charge in [0.05, 0.1) is 6.04 Å². The van der Waals surface area contributed by atoms with Crippen molar-refractivity contribution in [3.8, 4) is 0 Å². The Balaban J connectivity index is 2.30. The Morgan fingerprint density at radius 1 is 1.10 bits per heavy atom. The zero-order valence-electron chi connectivity index (χ0n) is 12.9. The molecule has 0 bridgehead atoms. The van der Waals surface area contributed by atoms with Gasteiger partial charge in [0.2, 0.25) is 0 Å². The van der Waals surface area contributed by atoms with Crippen molar-refractivity contribution in [3.63, 3.8) is 0 Å². The molecule has 0 aliphatic heterocycles. The molecule has 2 aromatic rings. The summed E-state index contributed by atoms with van der Waals surface area (Å²) in [4.78, 5) is 0. The second-order valence-electron chi connectivity index (χ2n) is 6.33. The van der Waals surface area contributed by atoms with Gasteiger partial charge >= 0.3 is 0 Å². The maximum atomic E-state index is 13.2. The molecule has 0 saturated heterocycles. The van der Waals surface area contributed by atoms with Crippen molar-refractivity contribution in [2.75, 3.05) is 5.32 Å². The fourth-order valence-corrected chi connectivity index (χ4v) is 2.76. The van der Waals surface area contributed by atoms with E-state index in [0.717, 1.165) is 11.3 Å². The minimum absolute atomic E-state index is 0.00148. The molecular weight excluding hydrogens is 285 g/mol. The van der Waals surface area contributed by atoms with Crippen molar-refractivity contribution >= 4 is 17.3 Å². The van der Waals surface area contributed by atoms with Crippen LogP contribution in [0.3, 0.4) is 0 Å². The van der Waals surface area contributed by atoms with Crippen molar-refractivity contribution in [3.05, 3.63) is 64.4 Å². The summed E-state index contributed by atoms with van der Waals surface area (Å²) in [6.07, 6.45) is 0. The first kappa shape index (κ1) is 15.8. The minimum atomic E-state index is -0.314. The Morgan fingerprint density at radius 2 is 1.76 bits per heavy atom. The highest BCUT2D eigenvalue weighted by molar-refractivity contribution is 6.31. The van der Waals surface area contributed by atoms with Gasteiger partial charge < -0.3 is 5.32 Å². The fourth-order valence-electron chi connectivity index (χ4n) is 2.43. The Labute approximate surface area is 131 Å². The summed E-state index contributed by atoms with van der Waals surface area (Å²) in [7, 11) is 0. The van der Waals surface area contributed by atoms with Crippen LogP contribution in [0.2, 0.25) is 5.02 Å². The van der Waals surface area contributed by atoms with Gasteiger partial charge in [-0.25, -0.2) is 4.39 Å². The maximum Gasteiger partial charge on any atom is 0.124 e. The molecule has 0 aliphatic carbocycles. The van der Waals surface area contributed by atoms with E-state index < -0.39 is 0 Å². The number of anilines is 1. The third kappa shape index (κ3) is 3.76. The predicted octanol–water partition coefficient (Wildman–Crippen LogP) is 5.95. The van der Waals surface area contributed by atoms with Crippen molar-refractivity contribution in [2.24, 2.45) is 0 Å². The summed E-state index contributed by atoms with van der Waals surface area (Å²) in [5.74, 6) is -0.314. The lowest BCUT2D eigenvalue weighted by molar-refractivity contribution is 0.590. The van der Waals surface area contributed by atoms with Crippen LogP contribution in [0.4, 0.5) is 10.1 Å². The van der Waals surface area contributed by atoms with E-state index in [9.17, 15) is 4.39 Å². The van der Waals surface area contributed by atoms with Crippen LogP contribution in [-0.4, -0.2) is 0 Å². The summed E-state index contributed by atoms with van der Waals surface area (Å²) < 4.78 is 13.2. The molecule has 0 radical (unpaired) electrons. The third-order valence-electron chi connectivity index (χ3n) is 3.54. The van der Waals surface area contributed by atoms with Gasteiger partial charge in [0.15, 0.2) is 0 Å². The van der Waals surface area contributed by atoms with Crippen molar-refractivity contribution < 1.29 is 4.39 Å². The molecule has 0 spiro atoms. The summed E-state index contributed by atoms with van der Waals surface area (Å²) in [5, 5.41) is 3.93. The second-order valence-corrected chi connectivity index (χ2v) is 6.73. The molecular formula is C18H21ClFN. The minimum Gasteiger partial charge on any atom is -0.378 e. The zero-order chi connectivity index (χ0) is 15.6. The van der Waals surface area contributed by atoms with Gasteiger partial charge in [-0.05, 0) is 41.7 Å². The molecule has 0 amide bonds.